The van der Waals surface area contributed by atoms with Crippen molar-refractivity contribution in [1.82, 2.24) is 5.32 Å². The van der Waals surface area contributed by atoms with Gasteiger partial charge in [-0.1, -0.05) is 37.3 Å². The van der Waals surface area contributed by atoms with Crippen molar-refractivity contribution in [2.45, 2.75) is 45.7 Å². The van der Waals surface area contributed by atoms with Gasteiger partial charge in [-0.2, -0.15) is 5.26 Å². The maximum absolute atomic E-state index is 9.48. The second-order valence-corrected chi connectivity index (χ2v) is 7.42. The fourth-order valence-corrected chi connectivity index (χ4v) is 3.64. The molecule has 1 aromatic carbocycles. The van der Waals surface area contributed by atoms with Crippen LogP contribution < -0.4 is 10.2 Å². The van der Waals surface area contributed by atoms with Crippen LogP contribution in [0.15, 0.2) is 42.5 Å². The lowest BCUT2D eigenvalue weighted by atomic mass is 9.70. The molecule has 0 saturated heterocycles. The molecule has 4 unspecified atom stereocenters. The first-order chi connectivity index (χ1) is 11.4. The highest BCUT2D eigenvalue weighted by Crippen LogP contribution is 2.36. The molecule has 0 aromatic heterocycles. The van der Waals surface area contributed by atoms with Crippen LogP contribution in [0, 0.1) is 29.1 Å². The van der Waals surface area contributed by atoms with Crippen LogP contribution in [0.3, 0.4) is 0 Å². The summed E-state index contributed by atoms with van der Waals surface area (Å²) in [5.74, 6) is 0.977. The standard InChI is InChI=1S/C21H31N3/c1-15(2)18-11-19(13-22)17(4)21(12-18)23-14-16(3)24(5)20-9-7-6-8-10-20/h6-10,16-19,21,23H,1,11-12,14H2,2-5H3/t16?,17?,18-,19?,21?/m1/s1. The summed E-state index contributed by atoms with van der Waals surface area (Å²) in [6, 6.07) is 13.8. The quantitative estimate of drug-likeness (QED) is 0.796. The lowest BCUT2D eigenvalue weighted by Gasteiger charge is -2.39. The highest BCUT2D eigenvalue weighted by molar-refractivity contribution is 5.46. The fraction of sp³-hybridized carbons (Fsp3) is 0.571. The van der Waals surface area contributed by atoms with Crippen LogP contribution in [0.1, 0.15) is 33.6 Å². The molecule has 1 aliphatic carbocycles. The maximum Gasteiger partial charge on any atom is 0.0659 e. The minimum atomic E-state index is 0.125. The number of nitriles is 1. The topological polar surface area (TPSA) is 39.1 Å². The summed E-state index contributed by atoms with van der Waals surface area (Å²) in [7, 11) is 2.14. The third-order valence-electron chi connectivity index (χ3n) is 5.71. The molecular weight excluding hydrogens is 294 g/mol. The predicted molar refractivity (Wildman–Crippen MR) is 102 cm³/mol. The van der Waals surface area contributed by atoms with Crippen LogP contribution in [0.2, 0.25) is 0 Å². The molecule has 2 rings (SSSR count). The van der Waals surface area contributed by atoms with Gasteiger partial charge in [-0.25, -0.2) is 0 Å². The summed E-state index contributed by atoms with van der Waals surface area (Å²) >= 11 is 0. The van der Waals surface area contributed by atoms with Gasteiger partial charge in [0.25, 0.3) is 0 Å². The number of hydrogen-bond donors (Lipinski definition) is 1. The van der Waals surface area contributed by atoms with E-state index in [1.165, 1.54) is 11.3 Å². The number of benzene rings is 1. The van der Waals surface area contributed by atoms with Gasteiger partial charge in [0.15, 0.2) is 0 Å². The molecule has 0 radical (unpaired) electrons. The number of rotatable bonds is 6. The number of nitrogens with one attached hydrogen (secondary N) is 1. The van der Waals surface area contributed by atoms with Crippen molar-refractivity contribution >= 4 is 5.69 Å². The molecular formula is C21H31N3. The predicted octanol–water partition coefficient (Wildman–Crippen LogP) is 4.23. The number of nitrogens with zero attached hydrogens (tertiary/aromatic N) is 2. The summed E-state index contributed by atoms with van der Waals surface area (Å²) < 4.78 is 0. The van der Waals surface area contributed by atoms with Gasteiger partial charge < -0.3 is 10.2 Å². The number of anilines is 1. The third-order valence-corrected chi connectivity index (χ3v) is 5.71. The lowest BCUT2D eigenvalue weighted by Crippen LogP contribution is -2.48. The summed E-state index contributed by atoms with van der Waals surface area (Å²) in [6.07, 6.45) is 2.06. The molecule has 0 heterocycles. The highest BCUT2D eigenvalue weighted by Gasteiger charge is 2.35. The first-order valence-corrected chi connectivity index (χ1v) is 9.00. The summed E-state index contributed by atoms with van der Waals surface area (Å²) in [5, 5.41) is 13.2. The molecule has 130 valence electrons. The molecule has 5 atom stereocenters. The Morgan fingerprint density at radius 3 is 2.62 bits per heavy atom. The summed E-state index contributed by atoms with van der Waals surface area (Å²) in [4.78, 5) is 2.30. The van der Waals surface area contributed by atoms with E-state index >= 15 is 0 Å². The number of allylic oxidation sites excluding steroid dienone is 1. The van der Waals surface area contributed by atoms with Gasteiger partial charge in [-0.15, -0.1) is 0 Å². The molecule has 0 spiro atoms. The fourth-order valence-electron chi connectivity index (χ4n) is 3.64. The van der Waals surface area contributed by atoms with Gasteiger partial charge in [0.05, 0.1) is 12.0 Å². The zero-order valence-electron chi connectivity index (χ0n) is 15.5. The van der Waals surface area contributed by atoms with Crippen LogP contribution in [-0.4, -0.2) is 25.7 Å². The normalized spacial score (nSPS) is 28.0. The van der Waals surface area contributed by atoms with Crippen molar-refractivity contribution in [2.75, 3.05) is 18.5 Å². The molecule has 1 aliphatic rings. The van der Waals surface area contributed by atoms with Crippen LogP contribution in [0.25, 0.3) is 0 Å². The lowest BCUT2D eigenvalue weighted by molar-refractivity contribution is 0.191. The van der Waals surface area contributed by atoms with E-state index in [2.05, 4.69) is 74.9 Å². The van der Waals surface area contributed by atoms with E-state index in [1.807, 2.05) is 6.07 Å². The van der Waals surface area contributed by atoms with Crippen molar-refractivity contribution in [3.63, 3.8) is 0 Å². The van der Waals surface area contributed by atoms with E-state index in [9.17, 15) is 5.26 Å². The third kappa shape index (κ3) is 4.39. The van der Waals surface area contributed by atoms with Crippen LogP contribution >= 0.6 is 0 Å². The van der Waals surface area contributed by atoms with Crippen molar-refractivity contribution in [3.8, 4) is 6.07 Å². The molecule has 1 fully saturated rings. The molecule has 0 aliphatic heterocycles. The van der Waals surface area contributed by atoms with Crippen molar-refractivity contribution in [3.05, 3.63) is 42.5 Å². The molecule has 3 heteroatoms. The molecule has 1 aromatic rings. The van der Waals surface area contributed by atoms with E-state index in [0.717, 1.165) is 19.4 Å². The Labute approximate surface area is 147 Å². The van der Waals surface area contributed by atoms with Crippen molar-refractivity contribution < 1.29 is 0 Å². The van der Waals surface area contributed by atoms with Gasteiger partial charge in [-0.05, 0) is 50.7 Å². The minimum absolute atomic E-state index is 0.125. The van der Waals surface area contributed by atoms with Crippen LogP contribution in [0.4, 0.5) is 5.69 Å². The number of para-hydroxylation sites is 1. The van der Waals surface area contributed by atoms with E-state index in [1.54, 1.807) is 0 Å². The Kier molecular flexibility index (Phi) is 6.45. The van der Waals surface area contributed by atoms with Crippen molar-refractivity contribution in [1.29, 1.82) is 5.26 Å². The zero-order valence-corrected chi connectivity index (χ0v) is 15.5. The zero-order chi connectivity index (χ0) is 17.7. The Morgan fingerprint density at radius 2 is 2.04 bits per heavy atom. The van der Waals surface area contributed by atoms with E-state index in [-0.39, 0.29) is 5.92 Å². The van der Waals surface area contributed by atoms with Crippen LogP contribution in [0.5, 0.6) is 0 Å². The smallest absolute Gasteiger partial charge is 0.0659 e. The van der Waals surface area contributed by atoms with Gasteiger partial charge >= 0.3 is 0 Å². The number of likely N-dealkylation sites (N-methyl/N-ethyl adjacent to an activating group) is 1. The minimum Gasteiger partial charge on any atom is -0.371 e. The average molecular weight is 326 g/mol. The van der Waals surface area contributed by atoms with Gasteiger partial charge in [-0.3, -0.25) is 0 Å². The summed E-state index contributed by atoms with van der Waals surface area (Å²) in [6.45, 7) is 11.6. The maximum atomic E-state index is 9.48. The Bertz CT molecular complexity index is 574. The molecule has 24 heavy (non-hydrogen) atoms. The first kappa shape index (κ1) is 18.5. The second kappa shape index (κ2) is 8.35. The molecule has 3 nitrogen and oxygen atoms in total. The molecule has 0 amide bonds. The summed E-state index contributed by atoms with van der Waals surface area (Å²) in [5.41, 5.74) is 2.45. The van der Waals surface area contributed by atoms with E-state index in [0.29, 0.717) is 23.9 Å². The molecule has 1 saturated carbocycles. The Hall–Kier alpha value is -1.79. The van der Waals surface area contributed by atoms with Gasteiger partial charge in [0.2, 0.25) is 0 Å². The molecule has 1 N–H and O–H groups in total. The van der Waals surface area contributed by atoms with Crippen molar-refractivity contribution in [2.24, 2.45) is 17.8 Å². The SMILES string of the molecule is C=C(C)[C@@H]1CC(C#N)C(C)C(NCC(C)N(C)c2ccccc2)C1. The Balaban J connectivity index is 1.96. The van der Waals surface area contributed by atoms with E-state index < -0.39 is 0 Å². The Morgan fingerprint density at radius 1 is 1.38 bits per heavy atom. The highest BCUT2D eigenvalue weighted by atomic mass is 15.2. The van der Waals surface area contributed by atoms with Gasteiger partial charge in [0.1, 0.15) is 0 Å². The first-order valence-electron chi connectivity index (χ1n) is 9.00. The van der Waals surface area contributed by atoms with Crippen LogP contribution in [-0.2, 0) is 0 Å². The molecule has 0 bridgehead atoms. The number of hydrogen-bond acceptors (Lipinski definition) is 3. The average Bonchev–Trinajstić information content (AvgIpc) is 2.60. The largest absolute Gasteiger partial charge is 0.371 e. The van der Waals surface area contributed by atoms with Gasteiger partial charge in [0, 0.05) is 31.4 Å². The second-order valence-electron chi connectivity index (χ2n) is 7.42. The van der Waals surface area contributed by atoms with E-state index in [4.69, 9.17) is 0 Å². The monoisotopic (exact) mass is 325 g/mol.